The van der Waals surface area contributed by atoms with E-state index in [1.165, 1.54) is 12.8 Å². The summed E-state index contributed by atoms with van der Waals surface area (Å²) in [6.07, 6.45) is 2.66. The number of rotatable bonds is 4. The highest BCUT2D eigenvalue weighted by Gasteiger charge is 2.42. The zero-order valence-corrected chi connectivity index (χ0v) is 11.6. The molecule has 0 bridgehead atoms. The van der Waals surface area contributed by atoms with Crippen LogP contribution in [0.4, 0.5) is 5.69 Å². The fourth-order valence-corrected chi connectivity index (χ4v) is 2.35. The van der Waals surface area contributed by atoms with Crippen LogP contribution in [0.25, 0.3) is 0 Å². The molecule has 1 aliphatic rings. The van der Waals surface area contributed by atoms with Gasteiger partial charge in [-0.1, -0.05) is 6.92 Å². The van der Waals surface area contributed by atoms with Crippen molar-refractivity contribution in [2.75, 3.05) is 12.4 Å². The molecule has 1 aromatic rings. The van der Waals surface area contributed by atoms with Crippen molar-refractivity contribution in [3.8, 4) is 5.75 Å². The maximum absolute atomic E-state index is 5.21. The molecular formula is C13H18BrNO. The molecule has 0 aromatic heterocycles. The van der Waals surface area contributed by atoms with Crippen LogP contribution in [0.2, 0.25) is 0 Å². The second kappa shape index (κ2) is 4.28. The zero-order valence-electron chi connectivity index (χ0n) is 10.0. The summed E-state index contributed by atoms with van der Waals surface area (Å²) in [4.78, 5) is 0. The van der Waals surface area contributed by atoms with Crippen LogP contribution in [0.5, 0.6) is 5.75 Å². The van der Waals surface area contributed by atoms with Gasteiger partial charge in [0.15, 0.2) is 0 Å². The van der Waals surface area contributed by atoms with E-state index in [0.29, 0.717) is 11.5 Å². The third-order valence-corrected chi connectivity index (χ3v) is 4.24. The first-order chi connectivity index (χ1) is 7.55. The molecule has 2 rings (SSSR count). The summed E-state index contributed by atoms with van der Waals surface area (Å²) in [6, 6.07) is 6.63. The Labute approximate surface area is 106 Å². The Morgan fingerprint density at radius 3 is 2.62 bits per heavy atom. The fraction of sp³-hybridized carbons (Fsp3) is 0.538. The Kier molecular flexibility index (Phi) is 3.15. The van der Waals surface area contributed by atoms with Gasteiger partial charge >= 0.3 is 0 Å². The van der Waals surface area contributed by atoms with E-state index >= 15 is 0 Å². The molecule has 1 aliphatic carbocycles. The standard InChI is InChI=1S/C13H18BrNO/c1-9(13(2)6-7-13)15-10-4-5-12(16-3)11(14)8-10/h4-5,8-9,15H,6-7H2,1-3H3. The highest BCUT2D eigenvalue weighted by Crippen LogP contribution is 2.48. The third kappa shape index (κ3) is 2.34. The first kappa shape index (κ1) is 11.8. The minimum absolute atomic E-state index is 0.492. The fourth-order valence-electron chi connectivity index (χ4n) is 1.81. The molecule has 0 aliphatic heterocycles. The molecule has 0 saturated heterocycles. The average molecular weight is 284 g/mol. The van der Waals surface area contributed by atoms with Crippen molar-refractivity contribution >= 4 is 21.6 Å². The lowest BCUT2D eigenvalue weighted by molar-refractivity contribution is 0.412. The van der Waals surface area contributed by atoms with Gasteiger partial charge in [0.25, 0.3) is 0 Å². The topological polar surface area (TPSA) is 21.3 Å². The molecule has 16 heavy (non-hydrogen) atoms. The van der Waals surface area contributed by atoms with Crippen LogP contribution in [-0.4, -0.2) is 13.2 Å². The van der Waals surface area contributed by atoms with E-state index in [1.54, 1.807) is 7.11 Å². The number of hydrogen-bond acceptors (Lipinski definition) is 2. The second-order valence-electron chi connectivity index (χ2n) is 4.87. The lowest BCUT2D eigenvalue weighted by atomic mass is 10.0. The van der Waals surface area contributed by atoms with E-state index in [2.05, 4.69) is 47.2 Å². The van der Waals surface area contributed by atoms with Crippen molar-refractivity contribution in [1.29, 1.82) is 0 Å². The number of nitrogens with one attached hydrogen (secondary N) is 1. The number of ether oxygens (including phenoxy) is 1. The van der Waals surface area contributed by atoms with Crippen LogP contribution < -0.4 is 10.1 Å². The van der Waals surface area contributed by atoms with Gasteiger partial charge in [0.2, 0.25) is 0 Å². The van der Waals surface area contributed by atoms with Gasteiger partial charge in [0, 0.05) is 11.7 Å². The first-order valence-corrected chi connectivity index (χ1v) is 6.44. The highest BCUT2D eigenvalue weighted by molar-refractivity contribution is 9.10. The Morgan fingerprint density at radius 1 is 1.44 bits per heavy atom. The molecule has 0 radical (unpaired) electrons. The van der Waals surface area contributed by atoms with Crippen LogP contribution in [-0.2, 0) is 0 Å². The SMILES string of the molecule is COc1ccc(NC(C)C2(C)CC2)cc1Br. The molecule has 0 amide bonds. The van der Waals surface area contributed by atoms with Gasteiger partial charge in [-0.15, -0.1) is 0 Å². The average Bonchev–Trinajstić information content (AvgIpc) is 2.98. The molecule has 2 nitrogen and oxygen atoms in total. The lowest BCUT2D eigenvalue weighted by Gasteiger charge is -2.22. The summed E-state index contributed by atoms with van der Waals surface area (Å²) in [5.74, 6) is 0.871. The normalized spacial score (nSPS) is 19.0. The van der Waals surface area contributed by atoms with E-state index in [0.717, 1.165) is 15.9 Å². The predicted molar refractivity (Wildman–Crippen MR) is 71.1 cm³/mol. The summed E-state index contributed by atoms with van der Waals surface area (Å²) in [5.41, 5.74) is 1.64. The largest absolute Gasteiger partial charge is 0.496 e. The van der Waals surface area contributed by atoms with Crippen molar-refractivity contribution in [2.24, 2.45) is 5.41 Å². The molecular weight excluding hydrogens is 266 g/mol. The van der Waals surface area contributed by atoms with E-state index in [1.807, 2.05) is 6.07 Å². The van der Waals surface area contributed by atoms with Gasteiger partial charge in [-0.05, 0) is 59.3 Å². The van der Waals surface area contributed by atoms with Gasteiger partial charge in [-0.3, -0.25) is 0 Å². The first-order valence-electron chi connectivity index (χ1n) is 5.65. The monoisotopic (exact) mass is 283 g/mol. The van der Waals surface area contributed by atoms with E-state index in [9.17, 15) is 0 Å². The Bertz CT molecular complexity index is 388. The summed E-state index contributed by atoms with van der Waals surface area (Å²) in [7, 11) is 1.68. The number of halogens is 1. The van der Waals surface area contributed by atoms with Gasteiger partial charge in [-0.2, -0.15) is 0 Å². The third-order valence-electron chi connectivity index (χ3n) is 3.62. The van der Waals surface area contributed by atoms with E-state index in [-0.39, 0.29) is 0 Å². The number of methoxy groups -OCH3 is 1. The van der Waals surface area contributed by atoms with Crippen LogP contribution in [0.15, 0.2) is 22.7 Å². The zero-order chi connectivity index (χ0) is 11.8. The molecule has 1 aromatic carbocycles. The summed E-state index contributed by atoms with van der Waals surface area (Å²) >= 11 is 3.50. The van der Waals surface area contributed by atoms with Crippen molar-refractivity contribution in [3.05, 3.63) is 22.7 Å². The molecule has 1 N–H and O–H groups in total. The Balaban J connectivity index is 2.07. The second-order valence-corrected chi connectivity index (χ2v) is 5.72. The number of hydrogen-bond donors (Lipinski definition) is 1. The van der Waals surface area contributed by atoms with Crippen LogP contribution in [0, 0.1) is 5.41 Å². The number of anilines is 1. The van der Waals surface area contributed by atoms with Crippen LogP contribution in [0.3, 0.4) is 0 Å². The Hall–Kier alpha value is -0.700. The molecule has 0 spiro atoms. The highest BCUT2D eigenvalue weighted by atomic mass is 79.9. The summed E-state index contributed by atoms with van der Waals surface area (Å²) in [6.45, 7) is 4.59. The van der Waals surface area contributed by atoms with Crippen LogP contribution in [0.1, 0.15) is 26.7 Å². The van der Waals surface area contributed by atoms with Crippen molar-refractivity contribution in [3.63, 3.8) is 0 Å². The van der Waals surface area contributed by atoms with Crippen LogP contribution >= 0.6 is 15.9 Å². The molecule has 1 atom stereocenters. The molecule has 1 fully saturated rings. The summed E-state index contributed by atoms with van der Waals surface area (Å²) in [5, 5.41) is 3.55. The Morgan fingerprint density at radius 2 is 2.12 bits per heavy atom. The maximum Gasteiger partial charge on any atom is 0.133 e. The molecule has 0 heterocycles. The van der Waals surface area contributed by atoms with Crippen molar-refractivity contribution in [1.82, 2.24) is 0 Å². The quantitative estimate of drug-likeness (QED) is 0.900. The molecule has 1 saturated carbocycles. The predicted octanol–water partition coefficient (Wildman–Crippen LogP) is 4.06. The van der Waals surface area contributed by atoms with Gasteiger partial charge in [-0.25, -0.2) is 0 Å². The molecule has 88 valence electrons. The van der Waals surface area contributed by atoms with E-state index in [4.69, 9.17) is 4.74 Å². The van der Waals surface area contributed by atoms with E-state index < -0.39 is 0 Å². The van der Waals surface area contributed by atoms with Crippen molar-refractivity contribution in [2.45, 2.75) is 32.7 Å². The molecule has 1 unspecified atom stereocenters. The van der Waals surface area contributed by atoms with Gasteiger partial charge < -0.3 is 10.1 Å². The lowest BCUT2D eigenvalue weighted by Crippen LogP contribution is -2.24. The maximum atomic E-state index is 5.21. The minimum atomic E-state index is 0.492. The summed E-state index contributed by atoms with van der Waals surface area (Å²) < 4.78 is 6.20. The van der Waals surface area contributed by atoms with Gasteiger partial charge in [0.05, 0.1) is 11.6 Å². The van der Waals surface area contributed by atoms with Gasteiger partial charge in [0.1, 0.15) is 5.75 Å². The molecule has 3 heteroatoms. The number of benzene rings is 1. The smallest absolute Gasteiger partial charge is 0.133 e. The minimum Gasteiger partial charge on any atom is -0.496 e. The van der Waals surface area contributed by atoms with Crippen molar-refractivity contribution < 1.29 is 4.74 Å².